The quantitative estimate of drug-likeness (QED) is 0.779. The first-order valence-electron chi connectivity index (χ1n) is 6.50. The fourth-order valence-electron chi connectivity index (χ4n) is 2.17. The molecule has 6 heteroatoms. The zero-order valence-corrected chi connectivity index (χ0v) is 11.5. The third-order valence-corrected chi connectivity index (χ3v) is 4.25. The van der Waals surface area contributed by atoms with Gasteiger partial charge < -0.3 is 15.3 Å². The largest absolute Gasteiger partial charge is 0.477 e. The van der Waals surface area contributed by atoms with Crippen LogP contribution in [0.15, 0.2) is 12.1 Å². The molecule has 104 valence electrons. The predicted octanol–water partition coefficient (Wildman–Crippen LogP) is 1.66. The Balaban J connectivity index is 1.69. The summed E-state index contributed by atoms with van der Waals surface area (Å²) in [6.45, 7) is 3.99. The van der Waals surface area contributed by atoms with Gasteiger partial charge in [-0.05, 0) is 51.0 Å². The number of nitrogens with zero attached hydrogens (tertiary/aromatic N) is 1. The first-order valence-corrected chi connectivity index (χ1v) is 7.32. The number of hydrogen-bond donors (Lipinski definition) is 2. The van der Waals surface area contributed by atoms with Crippen LogP contribution in [-0.2, 0) is 0 Å². The van der Waals surface area contributed by atoms with Gasteiger partial charge in [0, 0.05) is 6.54 Å². The highest BCUT2D eigenvalue weighted by molar-refractivity contribution is 7.15. The number of nitrogens with one attached hydrogen (secondary N) is 1. The van der Waals surface area contributed by atoms with Gasteiger partial charge in [0.1, 0.15) is 4.88 Å². The van der Waals surface area contributed by atoms with Crippen molar-refractivity contribution in [3.05, 3.63) is 21.9 Å². The van der Waals surface area contributed by atoms with E-state index in [1.54, 1.807) is 6.07 Å². The van der Waals surface area contributed by atoms with Crippen LogP contribution < -0.4 is 5.32 Å². The lowest BCUT2D eigenvalue weighted by molar-refractivity contribution is 0.0702. The summed E-state index contributed by atoms with van der Waals surface area (Å²) in [7, 11) is 0. The number of carbonyl (C=O) groups is 2. The molecule has 2 rings (SSSR count). The van der Waals surface area contributed by atoms with Crippen LogP contribution in [0.25, 0.3) is 0 Å². The molecule has 0 radical (unpaired) electrons. The monoisotopic (exact) mass is 282 g/mol. The maximum Gasteiger partial charge on any atom is 0.345 e. The number of amides is 1. The third kappa shape index (κ3) is 4.04. The van der Waals surface area contributed by atoms with Gasteiger partial charge in [0.2, 0.25) is 0 Å². The highest BCUT2D eigenvalue weighted by atomic mass is 32.1. The molecule has 0 spiro atoms. The van der Waals surface area contributed by atoms with E-state index in [4.69, 9.17) is 5.11 Å². The van der Waals surface area contributed by atoms with Gasteiger partial charge in [0.05, 0.1) is 4.88 Å². The van der Waals surface area contributed by atoms with Gasteiger partial charge in [-0.25, -0.2) is 4.79 Å². The maximum absolute atomic E-state index is 11.8. The van der Waals surface area contributed by atoms with E-state index >= 15 is 0 Å². The van der Waals surface area contributed by atoms with Gasteiger partial charge >= 0.3 is 5.97 Å². The van der Waals surface area contributed by atoms with Gasteiger partial charge in [0.25, 0.3) is 5.91 Å². The number of thiophene rings is 1. The van der Waals surface area contributed by atoms with E-state index < -0.39 is 5.97 Å². The summed E-state index contributed by atoms with van der Waals surface area (Å²) >= 11 is 1.01. The maximum atomic E-state index is 11.8. The number of hydrogen-bond acceptors (Lipinski definition) is 4. The van der Waals surface area contributed by atoms with Crippen LogP contribution in [0.2, 0.25) is 0 Å². The molecule has 5 nitrogen and oxygen atoms in total. The molecule has 0 aliphatic carbocycles. The Hall–Kier alpha value is -1.40. The standard InChI is InChI=1S/C13H18N2O3S/c16-12(10-4-5-11(19-10)13(17)18)14-6-3-9-15-7-1-2-8-15/h4-5H,1-3,6-9H2,(H,14,16)(H,17,18). The smallest absolute Gasteiger partial charge is 0.345 e. The Kier molecular flexibility index (Phi) is 4.93. The molecule has 0 unspecified atom stereocenters. The van der Waals surface area contributed by atoms with E-state index in [1.807, 2.05) is 0 Å². The molecule has 1 aromatic rings. The van der Waals surface area contributed by atoms with E-state index in [-0.39, 0.29) is 10.8 Å². The second kappa shape index (κ2) is 6.68. The van der Waals surface area contributed by atoms with Crippen LogP contribution in [0, 0.1) is 0 Å². The normalized spacial score (nSPS) is 15.6. The second-order valence-electron chi connectivity index (χ2n) is 4.63. The molecule has 1 aliphatic rings. The summed E-state index contributed by atoms with van der Waals surface area (Å²) in [5.41, 5.74) is 0. The number of carboxylic acids is 1. The summed E-state index contributed by atoms with van der Waals surface area (Å²) in [5, 5.41) is 11.6. The van der Waals surface area contributed by atoms with Gasteiger partial charge in [-0.2, -0.15) is 0 Å². The highest BCUT2D eigenvalue weighted by Crippen LogP contribution is 2.16. The lowest BCUT2D eigenvalue weighted by atomic mass is 10.3. The van der Waals surface area contributed by atoms with E-state index in [1.165, 1.54) is 32.0 Å². The number of likely N-dealkylation sites (tertiary alicyclic amines) is 1. The molecule has 0 aromatic carbocycles. The summed E-state index contributed by atoms with van der Waals surface area (Å²) in [5.74, 6) is -1.17. The molecule has 0 atom stereocenters. The Morgan fingerprint density at radius 2 is 1.95 bits per heavy atom. The average Bonchev–Trinajstić information content (AvgIpc) is 3.05. The summed E-state index contributed by atoms with van der Waals surface area (Å²) in [6.07, 6.45) is 3.49. The van der Waals surface area contributed by atoms with Crippen LogP contribution in [-0.4, -0.2) is 48.1 Å². The molecule has 19 heavy (non-hydrogen) atoms. The van der Waals surface area contributed by atoms with E-state index in [0.29, 0.717) is 11.4 Å². The Morgan fingerprint density at radius 1 is 1.26 bits per heavy atom. The molecule has 1 aliphatic heterocycles. The Bertz CT molecular complexity index is 452. The average molecular weight is 282 g/mol. The summed E-state index contributed by atoms with van der Waals surface area (Å²) < 4.78 is 0. The van der Waals surface area contributed by atoms with Crippen LogP contribution in [0.5, 0.6) is 0 Å². The predicted molar refractivity (Wildman–Crippen MR) is 73.9 cm³/mol. The van der Waals surface area contributed by atoms with Crippen molar-refractivity contribution < 1.29 is 14.7 Å². The fourth-order valence-corrected chi connectivity index (χ4v) is 2.93. The number of aromatic carboxylic acids is 1. The first kappa shape index (κ1) is 14.0. The Morgan fingerprint density at radius 3 is 2.58 bits per heavy atom. The molecule has 2 N–H and O–H groups in total. The van der Waals surface area contributed by atoms with E-state index in [2.05, 4.69) is 10.2 Å². The molecule has 1 saturated heterocycles. The minimum absolute atomic E-state index is 0.182. The third-order valence-electron chi connectivity index (χ3n) is 3.18. The van der Waals surface area contributed by atoms with Gasteiger partial charge in [-0.15, -0.1) is 11.3 Å². The molecule has 0 bridgehead atoms. The topological polar surface area (TPSA) is 69.6 Å². The molecular formula is C13H18N2O3S. The molecule has 1 amide bonds. The second-order valence-corrected chi connectivity index (χ2v) is 5.71. The summed E-state index contributed by atoms with van der Waals surface area (Å²) in [4.78, 5) is 25.5. The van der Waals surface area contributed by atoms with Crippen LogP contribution in [0.1, 0.15) is 38.6 Å². The molecule has 2 heterocycles. The molecular weight excluding hydrogens is 264 g/mol. The lowest BCUT2D eigenvalue weighted by Gasteiger charge is -2.14. The van der Waals surface area contributed by atoms with Crippen molar-refractivity contribution in [2.45, 2.75) is 19.3 Å². The number of carboxylic acid groups (broad SMARTS) is 1. The first-order chi connectivity index (χ1) is 9.16. The molecule has 0 saturated carbocycles. The SMILES string of the molecule is O=C(O)c1ccc(C(=O)NCCCN2CCCC2)s1. The van der Waals surface area contributed by atoms with Crippen molar-refractivity contribution >= 4 is 23.2 Å². The molecule has 1 fully saturated rings. The van der Waals surface area contributed by atoms with Crippen LogP contribution >= 0.6 is 11.3 Å². The van der Waals surface area contributed by atoms with Crippen molar-refractivity contribution in [2.24, 2.45) is 0 Å². The minimum Gasteiger partial charge on any atom is -0.477 e. The molecule has 1 aromatic heterocycles. The lowest BCUT2D eigenvalue weighted by Crippen LogP contribution is -2.28. The van der Waals surface area contributed by atoms with Crippen molar-refractivity contribution in [3.63, 3.8) is 0 Å². The number of rotatable bonds is 6. The summed E-state index contributed by atoms with van der Waals surface area (Å²) in [6, 6.07) is 3.02. The van der Waals surface area contributed by atoms with Gasteiger partial charge in [-0.3, -0.25) is 4.79 Å². The van der Waals surface area contributed by atoms with Crippen LogP contribution in [0.4, 0.5) is 0 Å². The zero-order chi connectivity index (χ0) is 13.7. The Labute approximate surface area is 116 Å². The zero-order valence-electron chi connectivity index (χ0n) is 10.7. The van der Waals surface area contributed by atoms with Gasteiger partial charge in [-0.1, -0.05) is 0 Å². The number of carbonyl (C=O) groups excluding carboxylic acids is 1. The fraction of sp³-hybridized carbons (Fsp3) is 0.538. The van der Waals surface area contributed by atoms with Crippen molar-refractivity contribution in [3.8, 4) is 0 Å². The van der Waals surface area contributed by atoms with Crippen molar-refractivity contribution in [1.29, 1.82) is 0 Å². The van der Waals surface area contributed by atoms with Crippen molar-refractivity contribution in [2.75, 3.05) is 26.2 Å². The van der Waals surface area contributed by atoms with E-state index in [0.717, 1.165) is 24.3 Å². The minimum atomic E-state index is -0.988. The van der Waals surface area contributed by atoms with Gasteiger partial charge in [0.15, 0.2) is 0 Å². The highest BCUT2D eigenvalue weighted by Gasteiger charge is 2.13. The van der Waals surface area contributed by atoms with Crippen LogP contribution in [0.3, 0.4) is 0 Å². The van der Waals surface area contributed by atoms with Crippen molar-refractivity contribution in [1.82, 2.24) is 10.2 Å². The van der Waals surface area contributed by atoms with E-state index in [9.17, 15) is 9.59 Å².